The molecule has 0 saturated carbocycles. The molecule has 0 bridgehead atoms. The second-order valence-corrected chi connectivity index (χ2v) is 11.6. The molecule has 0 amide bonds. The number of aromatic nitrogens is 1. The highest BCUT2D eigenvalue weighted by molar-refractivity contribution is 6.50. The first-order valence-electron chi connectivity index (χ1n) is 16.2. The van der Waals surface area contributed by atoms with Gasteiger partial charge in [0.1, 0.15) is 24.7 Å². The number of benzene rings is 6. The molecular weight excluding hydrogens is 637 g/mol. The van der Waals surface area contributed by atoms with E-state index in [4.69, 9.17) is 9.47 Å². The number of fused-ring (bicyclic) bond motifs is 1. The maximum absolute atomic E-state index is 9.75. The van der Waals surface area contributed by atoms with Crippen LogP contribution in [0.3, 0.4) is 0 Å². The van der Waals surface area contributed by atoms with Crippen LogP contribution in [0, 0.1) is 0 Å². The lowest BCUT2D eigenvalue weighted by Gasteiger charge is -2.15. The van der Waals surface area contributed by atoms with E-state index in [9.17, 15) is 17.3 Å². The van der Waals surface area contributed by atoms with Gasteiger partial charge in [0, 0.05) is 21.9 Å². The van der Waals surface area contributed by atoms with E-state index in [-0.39, 0.29) is 0 Å². The Morgan fingerprint density at radius 1 is 0.460 bits per heavy atom. The monoisotopic (exact) mass is 671 g/mol. The van der Waals surface area contributed by atoms with E-state index in [1.807, 2.05) is 36.4 Å². The number of pyridine rings is 1. The zero-order valence-corrected chi connectivity index (χ0v) is 27.1. The van der Waals surface area contributed by atoms with Crippen LogP contribution in [0.5, 0.6) is 11.5 Å². The van der Waals surface area contributed by atoms with Gasteiger partial charge in [-0.15, -0.1) is 0 Å². The molecule has 0 aliphatic carbocycles. The fourth-order valence-corrected chi connectivity index (χ4v) is 5.76. The second kappa shape index (κ2) is 16.0. The molecule has 0 radical (unpaired) electrons. The summed E-state index contributed by atoms with van der Waals surface area (Å²) < 4.78 is 53.7. The molecule has 0 saturated heterocycles. The van der Waals surface area contributed by atoms with Gasteiger partial charge < -0.3 is 26.7 Å². The van der Waals surface area contributed by atoms with Crippen molar-refractivity contribution in [2.45, 2.75) is 19.8 Å². The van der Waals surface area contributed by atoms with Gasteiger partial charge in [0.25, 0.3) is 0 Å². The number of nitrogens with zero attached hydrogens (tertiary/aromatic N) is 1. The van der Waals surface area contributed by atoms with Crippen molar-refractivity contribution in [2.24, 2.45) is 0 Å². The van der Waals surface area contributed by atoms with Crippen LogP contribution < -0.4 is 14.0 Å². The molecule has 50 heavy (non-hydrogen) atoms. The van der Waals surface area contributed by atoms with Crippen LogP contribution in [0.1, 0.15) is 16.7 Å². The predicted octanol–water partition coefficient (Wildman–Crippen LogP) is 11.0. The topological polar surface area (TPSA) is 22.3 Å². The quantitative estimate of drug-likeness (QED) is 0.0820. The van der Waals surface area contributed by atoms with Crippen LogP contribution in [-0.2, 0) is 19.8 Å². The smallest absolute Gasteiger partial charge is 0.489 e. The Morgan fingerprint density at radius 3 is 1.38 bits per heavy atom. The molecule has 250 valence electrons. The van der Waals surface area contributed by atoms with Crippen LogP contribution in [0.15, 0.2) is 170 Å². The lowest BCUT2D eigenvalue weighted by atomic mass is 9.93. The maximum Gasteiger partial charge on any atom is 0.673 e. The van der Waals surface area contributed by atoms with Crippen LogP contribution >= 0.6 is 0 Å². The summed E-state index contributed by atoms with van der Waals surface area (Å²) in [6.07, 6.45) is 2.28. The summed E-state index contributed by atoms with van der Waals surface area (Å²) in [5.41, 5.74) is 8.16. The summed E-state index contributed by atoms with van der Waals surface area (Å²) >= 11 is 0. The predicted molar refractivity (Wildman–Crippen MR) is 192 cm³/mol. The van der Waals surface area contributed by atoms with Crippen molar-refractivity contribution in [1.82, 2.24) is 0 Å². The molecule has 0 aliphatic rings. The Morgan fingerprint density at radius 2 is 0.880 bits per heavy atom. The van der Waals surface area contributed by atoms with Crippen LogP contribution in [-0.4, -0.2) is 7.25 Å². The van der Waals surface area contributed by atoms with Gasteiger partial charge in [-0.05, 0) is 59.2 Å². The largest absolute Gasteiger partial charge is 0.673 e. The van der Waals surface area contributed by atoms with Crippen molar-refractivity contribution >= 4 is 18.0 Å². The highest BCUT2D eigenvalue weighted by Gasteiger charge is 2.24. The molecule has 7 aromatic rings. The zero-order valence-electron chi connectivity index (χ0n) is 27.1. The van der Waals surface area contributed by atoms with Gasteiger partial charge in [-0.2, -0.15) is 4.57 Å². The minimum absolute atomic E-state index is 0.536. The number of halogens is 4. The Bertz CT molecular complexity index is 2100. The number of hydrogen-bond donors (Lipinski definition) is 0. The molecule has 0 fully saturated rings. The summed E-state index contributed by atoms with van der Waals surface area (Å²) in [6.45, 7) is 1.82. The first-order valence-corrected chi connectivity index (χ1v) is 16.2. The van der Waals surface area contributed by atoms with Gasteiger partial charge in [-0.1, -0.05) is 121 Å². The molecule has 0 spiro atoms. The van der Waals surface area contributed by atoms with Gasteiger partial charge in [0.15, 0.2) is 12.7 Å². The van der Waals surface area contributed by atoms with Crippen molar-refractivity contribution in [1.29, 1.82) is 0 Å². The molecule has 0 aliphatic heterocycles. The van der Waals surface area contributed by atoms with Crippen molar-refractivity contribution in [3.05, 3.63) is 187 Å². The van der Waals surface area contributed by atoms with E-state index in [0.29, 0.717) is 13.2 Å². The summed E-state index contributed by atoms with van der Waals surface area (Å²) in [5, 5.41) is 2.40. The molecule has 3 nitrogen and oxygen atoms in total. The third kappa shape index (κ3) is 9.38. The minimum atomic E-state index is -6.00. The average Bonchev–Trinajstić information content (AvgIpc) is 3.14. The fourth-order valence-electron chi connectivity index (χ4n) is 5.76. The molecule has 8 heteroatoms. The summed E-state index contributed by atoms with van der Waals surface area (Å²) in [7, 11) is -6.00. The van der Waals surface area contributed by atoms with Gasteiger partial charge in [0.2, 0.25) is 5.69 Å². The fraction of sp³-hybridized carbons (Fsp3) is 0.0714. The van der Waals surface area contributed by atoms with E-state index in [2.05, 4.69) is 138 Å². The van der Waals surface area contributed by atoms with Crippen molar-refractivity contribution in [2.75, 3.05) is 0 Å². The first kappa shape index (κ1) is 34.0. The Labute approximate surface area is 289 Å². The molecule has 0 unspecified atom stereocenters. The number of hydrogen-bond acceptors (Lipinski definition) is 2. The number of rotatable bonds is 10. The molecular formula is C42H34BF4NO2. The molecule has 0 N–H and O–H groups in total. The number of ether oxygens (including phenoxy) is 2. The first-order chi connectivity index (χ1) is 24.3. The Balaban J connectivity index is 0.000000808. The average molecular weight is 672 g/mol. The molecule has 0 atom stereocenters. The Kier molecular flexibility index (Phi) is 10.9. The highest BCUT2D eigenvalue weighted by Crippen LogP contribution is 2.37. The van der Waals surface area contributed by atoms with Gasteiger partial charge in [-0.25, -0.2) is 0 Å². The standard InChI is InChI=1S/C42H34NO2.BF4/c1-4-12-32(13-5-1)28-43-29-37-18-10-11-19-40(37)41(35-20-24-38(25-21-35)44-30-33-14-6-2-7-15-33)42(43)36-22-26-39(27-23-36)45-31-34-16-8-3-9-17-34;2-1(3,4)5/h1-27,29H,28,30-31H2;/q+1;-1. The summed E-state index contributed by atoms with van der Waals surface area (Å²) in [5.74, 6) is 1.70. The molecule has 7 rings (SSSR count). The van der Waals surface area contributed by atoms with Gasteiger partial charge in [0.05, 0.1) is 5.56 Å². The van der Waals surface area contributed by atoms with Crippen molar-refractivity contribution < 1.29 is 31.3 Å². The normalized spacial score (nSPS) is 11.0. The second-order valence-electron chi connectivity index (χ2n) is 11.6. The van der Waals surface area contributed by atoms with Crippen molar-refractivity contribution in [3.8, 4) is 33.9 Å². The van der Waals surface area contributed by atoms with Gasteiger partial charge in [-0.3, -0.25) is 0 Å². The van der Waals surface area contributed by atoms with E-state index in [1.54, 1.807) is 0 Å². The van der Waals surface area contributed by atoms with Crippen molar-refractivity contribution in [3.63, 3.8) is 0 Å². The third-order valence-corrected chi connectivity index (χ3v) is 8.01. The molecule has 6 aromatic carbocycles. The van der Waals surface area contributed by atoms with E-state index < -0.39 is 7.25 Å². The lowest BCUT2D eigenvalue weighted by Crippen LogP contribution is -2.37. The SMILES string of the molecule is F[B-](F)(F)F.c1ccc(COc2ccc(-c3c(-c4ccc(OCc5ccccc5)cc4)[n+](Cc4ccccc4)cc4ccccc34)cc2)cc1. The molecule has 1 aromatic heterocycles. The summed E-state index contributed by atoms with van der Waals surface area (Å²) in [4.78, 5) is 0. The lowest BCUT2D eigenvalue weighted by molar-refractivity contribution is -0.675. The van der Waals surface area contributed by atoms with Crippen LogP contribution in [0.2, 0.25) is 0 Å². The third-order valence-electron chi connectivity index (χ3n) is 8.01. The van der Waals surface area contributed by atoms with E-state index in [0.717, 1.165) is 46.0 Å². The summed E-state index contributed by atoms with van der Waals surface area (Å²) in [6, 6.07) is 56.8. The zero-order chi connectivity index (χ0) is 34.8. The van der Waals surface area contributed by atoms with Gasteiger partial charge >= 0.3 is 7.25 Å². The minimum Gasteiger partial charge on any atom is -0.489 e. The Hall–Kier alpha value is -5.89. The van der Waals surface area contributed by atoms with E-state index >= 15 is 0 Å². The molecule has 1 heterocycles. The highest BCUT2D eigenvalue weighted by atomic mass is 19.5. The van der Waals surface area contributed by atoms with E-state index in [1.165, 1.54) is 21.9 Å². The maximum atomic E-state index is 9.75. The van der Waals surface area contributed by atoms with Crippen LogP contribution in [0.25, 0.3) is 33.2 Å². The van der Waals surface area contributed by atoms with Crippen LogP contribution in [0.4, 0.5) is 17.3 Å².